The van der Waals surface area contributed by atoms with Crippen molar-refractivity contribution in [3.05, 3.63) is 65.0 Å². The number of hydrogen-bond acceptors (Lipinski definition) is 4. The van der Waals surface area contributed by atoms with Crippen LogP contribution >= 0.6 is 11.6 Å². The fraction of sp³-hybridized carbons (Fsp3) is 0.111. The first kappa shape index (κ1) is 14.9. The molecule has 0 bridgehead atoms. The van der Waals surface area contributed by atoms with Crippen molar-refractivity contribution >= 4 is 22.5 Å². The summed E-state index contributed by atoms with van der Waals surface area (Å²) < 4.78 is 7.24. The molecule has 2 aromatic carbocycles. The van der Waals surface area contributed by atoms with E-state index in [9.17, 15) is 0 Å². The Bertz CT molecular complexity index is 1020. The van der Waals surface area contributed by atoms with Crippen LogP contribution in [0.25, 0.3) is 28.1 Å². The summed E-state index contributed by atoms with van der Waals surface area (Å²) in [6.07, 6.45) is 0. The van der Waals surface area contributed by atoms with E-state index in [2.05, 4.69) is 14.7 Å². The van der Waals surface area contributed by atoms with Gasteiger partial charge in [0.2, 0.25) is 11.7 Å². The lowest BCUT2D eigenvalue weighted by molar-refractivity contribution is 0.394. The molecular weight excluding hydrogens is 324 g/mol. The Labute approximate surface area is 143 Å². The number of nitrogens with two attached hydrogens (primary N) is 1. The van der Waals surface area contributed by atoms with Crippen molar-refractivity contribution in [2.24, 2.45) is 5.73 Å². The summed E-state index contributed by atoms with van der Waals surface area (Å²) in [5, 5.41) is 5.77. The van der Waals surface area contributed by atoms with Gasteiger partial charge in [0.25, 0.3) is 0 Å². The molecule has 5 nitrogen and oxygen atoms in total. The molecule has 2 N–H and O–H groups in total. The monoisotopic (exact) mass is 338 g/mol. The lowest BCUT2D eigenvalue weighted by Crippen LogP contribution is -2.00. The lowest BCUT2D eigenvalue weighted by Gasteiger charge is -2.10. The standard InChI is InChI=1S/C18H15ClN4O/c1-11-21-18(22-24-11)17-9-13-8-14(19)4-7-16(13)23(17)15-5-2-12(10-20)3-6-15/h2-9H,10,20H2,1H3. The molecule has 2 heterocycles. The van der Waals surface area contributed by atoms with Gasteiger partial charge in [-0.15, -0.1) is 0 Å². The van der Waals surface area contributed by atoms with Gasteiger partial charge in [0, 0.05) is 29.6 Å². The number of hydrogen-bond donors (Lipinski definition) is 1. The van der Waals surface area contributed by atoms with Gasteiger partial charge in [-0.2, -0.15) is 4.98 Å². The summed E-state index contributed by atoms with van der Waals surface area (Å²) in [7, 11) is 0. The Kier molecular flexibility index (Phi) is 3.59. The van der Waals surface area contributed by atoms with Crippen LogP contribution in [0, 0.1) is 6.92 Å². The van der Waals surface area contributed by atoms with Gasteiger partial charge in [0.15, 0.2) is 0 Å². The molecule has 24 heavy (non-hydrogen) atoms. The first-order valence-corrected chi connectivity index (χ1v) is 7.94. The number of aryl methyl sites for hydroxylation is 1. The number of halogens is 1. The highest BCUT2D eigenvalue weighted by atomic mass is 35.5. The maximum Gasteiger partial charge on any atom is 0.223 e. The Balaban J connectivity index is 1.99. The minimum Gasteiger partial charge on any atom is -0.339 e. The summed E-state index contributed by atoms with van der Waals surface area (Å²) in [5.41, 5.74) is 9.65. The van der Waals surface area contributed by atoms with Gasteiger partial charge in [-0.05, 0) is 42.0 Å². The van der Waals surface area contributed by atoms with Crippen LogP contribution in [0.5, 0.6) is 0 Å². The van der Waals surface area contributed by atoms with Gasteiger partial charge in [-0.3, -0.25) is 0 Å². The van der Waals surface area contributed by atoms with E-state index in [-0.39, 0.29) is 0 Å². The smallest absolute Gasteiger partial charge is 0.223 e. The maximum absolute atomic E-state index is 6.14. The molecule has 0 spiro atoms. The SMILES string of the molecule is Cc1nc(-c2cc3cc(Cl)ccc3n2-c2ccc(CN)cc2)no1. The zero-order valence-electron chi connectivity index (χ0n) is 13.0. The van der Waals surface area contributed by atoms with Crippen molar-refractivity contribution in [3.63, 3.8) is 0 Å². The minimum atomic E-state index is 0.513. The quantitative estimate of drug-likeness (QED) is 0.610. The topological polar surface area (TPSA) is 69.9 Å². The van der Waals surface area contributed by atoms with Crippen LogP contribution in [0.4, 0.5) is 0 Å². The third kappa shape index (κ3) is 2.48. The molecule has 0 radical (unpaired) electrons. The molecule has 0 aliphatic carbocycles. The molecule has 0 fully saturated rings. The first-order valence-electron chi connectivity index (χ1n) is 7.57. The van der Waals surface area contributed by atoms with Gasteiger partial charge in [-0.1, -0.05) is 28.9 Å². The average Bonchev–Trinajstić information content (AvgIpc) is 3.18. The average molecular weight is 339 g/mol. The Morgan fingerprint density at radius 2 is 1.92 bits per heavy atom. The van der Waals surface area contributed by atoms with Crippen LogP contribution in [0.3, 0.4) is 0 Å². The molecule has 2 aromatic heterocycles. The van der Waals surface area contributed by atoms with Crippen molar-refractivity contribution in [1.29, 1.82) is 0 Å². The van der Waals surface area contributed by atoms with Gasteiger partial charge in [0.1, 0.15) is 0 Å². The second-order valence-corrected chi connectivity index (χ2v) is 6.01. The van der Waals surface area contributed by atoms with E-state index in [0.717, 1.165) is 27.8 Å². The fourth-order valence-corrected chi connectivity index (χ4v) is 2.99. The molecule has 0 aliphatic rings. The number of nitrogens with zero attached hydrogens (tertiary/aromatic N) is 3. The van der Waals surface area contributed by atoms with Crippen LogP contribution in [-0.2, 0) is 6.54 Å². The van der Waals surface area contributed by atoms with Crippen molar-refractivity contribution < 1.29 is 4.52 Å². The van der Waals surface area contributed by atoms with Gasteiger partial charge in [-0.25, -0.2) is 0 Å². The zero-order valence-corrected chi connectivity index (χ0v) is 13.8. The first-order chi connectivity index (χ1) is 11.7. The summed E-state index contributed by atoms with van der Waals surface area (Å²) in [6, 6.07) is 15.9. The molecule has 4 aromatic rings. The molecular formula is C18H15ClN4O. The second-order valence-electron chi connectivity index (χ2n) is 5.58. The van der Waals surface area contributed by atoms with Crippen molar-refractivity contribution in [2.45, 2.75) is 13.5 Å². The predicted molar refractivity (Wildman–Crippen MR) is 94.2 cm³/mol. The number of rotatable bonds is 3. The minimum absolute atomic E-state index is 0.513. The highest BCUT2D eigenvalue weighted by molar-refractivity contribution is 6.31. The number of aromatic nitrogens is 3. The second kappa shape index (κ2) is 5.78. The number of benzene rings is 2. The summed E-state index contributed by atoms with van der Waals surface area (Å²) in [5.74, 6) is 1.07. The highest BCUT2D eigenvalue weighted by Crippen LogP contribution is 2.31. The summed E-state index contributed by atoms with van der Waals surface area (Å²) in [4.78, 5) is 4.37. The third-order valence-corrected chi connectivity index (χ3v) is 4.19. The van der Waals surface area contributed by atoms with Crippen LogP contribution in [0.2, 0.25) is 5.02 Å². The van der Waals surface area contributed by atoms with E-state index in [1.165, 1.54) is 0 Å². The van der Waals surface area contributed by atoms with Gasteiger partial charge >= 0.3 is 0 Å². The predicted octanol–water partition coefficient (Wildman–Crippen LogP) is 4.10. The van der Waals surface area contributed by atoms with Crippen molar-refractivity contribution in [2.75, 3.05) is 0 Å². The highest BCUT2D eigenvalue weighted by Gasteiger charge is 2.16. The number of fused-ring (bicyclic) bond motifs is 1. The van der Waals surface area contributed by atoms with E-state index in [0.29, 0.717) is 23.3 Å². The normalized spacial score (nSPS) is 11.3. The largest absolute Gasteiger partial charge is 0.339 e. The third-order valence-electron chi connectivity index (χ3n) is 3.95. The molecule has 0 unspecified atom stereocenters. The van der Waals surface area contributed by atoms with Crippen LogP contribution in [0.1, 0.15) is 11.5 Å². The van der Waals surface area contributed by atoms with Crippen LogP contribution < -0.4 is 5.73 Å². The summed E-state index contributed by atoms with van der Waals surface area (Å²) in [6.45, 7) is 2.29. The van der Waals surface area contributed by atoms with Crippen molar-refractivity contribution in [1.82, 2.24) is 14.7 Å². The molecule has 0 saturated heterocycles. The lowest BCUT2D eigenvalue weighted by atomic mass is 10.2. The fourth-order valence-electron chi connectivity index (χ4n) is 2.81. The van der Waals surface area contributed by atoms with E-state index >= 15 is 0 Å². The molecule has 4 rings (SSSR count). The molecule has 6 heteroatoms. The molecule has 0 aliphatic heterocycles. The van der Waals surface area contributed by atoms with Gasteiger partial charge in [0.05, 0.1) is 11.2 Å². The van der Waals surface area contributed by atoms with E-state index in [4.69, 9.17) is 21.9 Å². The van der Waals surface area contributed by atoms with E-state index in [1.54, 1.807) is 6.92 Å². The molecule has 0 amide bonds. The molecule has 0 atom stereocenters. The van der Waals surface area contributed by atoms with Crippen molar-refractivity contribution in [3.8, 4) is 17.2 Å². The van der Waals surface area contributed by atoms with Crippen LogP contribution in [0.15, 0.2) is 53.1 Å². The zero-order chi connectivity index (χ0) is 16.7. The maximum atomic E-state index is 6.14. The van der Waals surface area contributed by atoms with Gasteiger partial charge < -0.3 is 14.8 Å². The van der Waals surface area contributed by atoms with E-state index in [1.807, 2.05) is 48.5 Å². The summed E-state index contributed by atoms with van der Waals surface area (Å²) >= 11 is 6.14. The Morgan fingerprint density at radius 1 is 1.12 bits per heavy atom. The van der Waals surface area contributed by atoms with E-state index < -0.39 is 0 Å². The molecule has 0 saturated carbocycles. The molecule has 120 valence electrons. The van der Waals surface area contributed by atoms with Crippen LogP contribution in [-0.4, -0.2) is 14.7 Å². The Hall–Kier alpha value is -2.63. The Morgan fingerprint density at radius 3 is 2.58 bits per heavy atom.